The average Bonchev–Trinajstić information content (AvgIpc) is 2.76. The van der Waals surface area contributed by atoms with Crippen molar-refractivity contribution in [1.82, 2.24) is 14.9 Å². The first-order valence-electron chi connectivity index (χ1n) is 11.2. The lowest BCUT2D eigenvalue weighted by Gasteiger charge is -2.34. The van der Waals surface area contributed by atoms with E-state index in [-0.39, 0.29) is 24.5 Å². The van der Waals surface area contributed by atoms with Gasteiger partial charge in [0, 0.05) is 39.4 Å². The molecule has 1 fully saturated rings. The zero-order valence-corrected chi connectivity index (χ0v) is 20.5. The third-order valence-electron chi connectivity index (χ3n) is 4.97. The third kappa shape index (κ3) is 9.32. The van der Waals surface area contributed by atoms with Gasteiger partial charge in [-0.1, -0.05) is 12.1 Å². The Morgan fingerprint density at radius 1 is 1.16 bits per heavy atom. The number of aliphatic imine (C=N–C) groups is 1. The summed E-state index contributed by atoms with van der Waals surface area (Å²) in [6, 6.07) is 7.70. The van der Waals surface area contributed by atoms with Crippen LogP contribution in [-0.4, -0.2) is 83.1 Å². The summed E-state index contributed by atoms with van der Waals surface area (Å²) < 4.78 is 43.3. The van der Waals surface area contributed by atoms with Crippen LogP contribution in [0.15, 0.2) is 29.3 Å². The number of nitrogens with one attached hydrogen (secondary N) is 2. The van der Waals surface area contributed by atoms with E-state index in [1.165, 1.54) is 4.31 Å². The second kappa shape index (κ2) is 13.6. The fraction of sp³-hybridized carbons (Fsp3) is 0.682. The normalized spacial score (nSPS) is 20.2. The number of sulfonamides is 1. The van der Waals surface area contributed by atoms with E-state index in [1.807, 2.05) is 45.0 Å². The number of morpholine rings is 1. The number of methoxy groups -OCH3 is 1. The highest BCUT2D eigenvalue weighted by Gasteiger charge is 2.30. The highest BCUT2D eigenvalue weighted by Crippen LogP contribution is 2.15. The van der Waals surface area contributed by atoms with Crippen molar-refractivity contribution in [2.45, 2.75) is 45.9 Å². The highest BCUT2D eigenvalue weighted by molar-refractivity contribution is 7.89. The van der Waals surface area contributed by atoms with Gasteiger partial charge in [0.2, 0.25) is 10.0 Å². The predicted octanol–water partition coefficient (Wildman–Crippen LogP) is 1.60. The summed E-state index contributed by atoms with van der Waals surface area (Å²) in [5.74, 6) is 1.37. The van der Waals surface area contributed by atoms with E-state index in [1.54, 1.807) is 7.11 Å². The topological polar surface area (TPSA) is 101 Å². The Hall–Kier alpha value is -1.88. The van der Waals surface area contributed by atoms with Crippen molar-refractivity contribution in [3.63, 3.8) is 0 Å². The van der Waals surface area contributed by atoms with Gasteiger partial charge < -0.3 is 24.8 Å². The van der Waals surface area contributed by atoms with Gasteiger partial charge in [-0.2, -0.15) is 4.31 Å². The van der Waals surface area contributed by atoms with Crippen molar-refractivity contribution in [3.05, 3.63) is 29.8 Å². The molecule has 1 aromatic carbocycles. The van der Waals surface area contributed by atoms with Crippen LogP contribution in [0.2, 0.25) is 0 Å². The van der Waals surface area contributed by atoms with Crippen molar-refractivity contribution < 1.29 is 22.6 Å². The smallest absolute Gasteiger partial charge is 0.216 e. The van der Waals surface area contributed by atoms with Crippen LogP contribution >= 0.6 is 0 Å². The second-order valence-corrected chi connectivity index (χ2v) is 9.90. The minimum Gasteiger partial charge on any atom is -0.497 e. The molecular weight excluding hydrogens is 432 g/mol. The predicted molar refractivity (Wildman–Crippen MR) is 127 cm³/mol. The number of hydrogen-bond acceptors (Lipinski definition) is 6. The third-order valence-corrected chi connectivity index (χ3v) is 6.78. The maximum Gasteiger partial charge on any atom is 0.216 e. The Kier molecular flexibility index (Phi) is 11.2. The van der Waals surface area contributed by atoms with Crippen LogP contribution in [-0.2, 0) is 26.0 Å². The molecule has 2 N–H and O–H groups in total. The van der Waals surface area contributed by atoms with Crippen LogP contribution in [0, 0.1) is 0 Å². The monoisotopic (exact) mass is 470 g/mol. The first-order valence-corrected chi connectivity index (χ1v) is 12.8. The van der Waals surface area contributed by atoms with E-state index in [0.29, 0.717) is 45.4 Å². The molecule has 2 unspecified atom stereocenters. The zero-order chi connectivity index (χ0) is 23.4. The van der Waals surface area contributed by atoms with Crippen LogP contribution in [0.5, 0.6) is 5.75 Å². The summed E-state index contributed by atoms with van der Waals surface area (Å²) in [6.45, 7) is 9.30. The number of rotatable bonds is 12. The van der Waals surface area contributed by atoms with Crippen molar-refractivity contribution in [2.24, 2.45) is 4.99 Å². The number of guanidine groups is 1. The maximum absolute atomic E-state index is 12.8. The van der Waals surface area contributed by atoms with E-state index >= 15 is 0 Å². The van der Waals surface area contributed by atoms with Gasteiger partial charge in [0.1, 0.15) is 5.75 Å². The Bertz CT molecular complexity index is 791. The number of hydrogen-bond donors (Lipinski definition) is 2. The fourth-order valence-corrected chi connectivity index (χ4v) is 4.88. The average molecular weight is 471 g/mol. The molecule has 32 heavy (non-hydrogen) atoms. The molecular formula is C22H38N4O5S. The van der Waals surface area contributed by atoms with Crippen molar-refractivity contribution in [1.29, 1.82) is 0 Å². The maximum atomic E-state index is 12.8. The van der Waals surface area contributed by atoms with Crippen molar-refractivity contribution >= 4 is 16.0 Å². The number of benzene rings is 1. The highest BCUT2D eigenvalue weighted by atomic mass is 32.2. The summed E-state index contributed by atoms with van der Waals surface area (Å²) in [6.07, 6.45) is 0.629. The Labute approximate surface area is 192 Å². The molecule has 0 radical (unpaired) electrons. The van der Waals surface area contributed by atoms with E-state index in [4.69, 9.17) is 14.2 Å². The minimum absolute atomic E-state index is 0.00534. The zero-order valence-electron chi connectivity index (χ0n) is 19.7. The summed E-state index contributed by atoms with van der Waals surface area (Å²) in [4.78, 5) is 4.61. The van der Waals surface area contributed by atoms with Gasteiger partial charge in [-0.15, -0.1) is 0 Å². The first kappa shape index (κ1) is 26.4. The molecule has 1 heterocycles. The van der Waals surface area contributed by atoms with Gasteiger partial charge in [0.05, 0.1) is 31.6 Å². The van der Waals surface area contributed by atoms with Crippen LogP contribution < -0.4 is 15.4 Å². The Balaban J connectivity index is 1.92. The van der Waals surface area contributed by atoms with E-state index in [0.717, 1.165) is 17.7 Å². The fourth-order valence-electron chi connectivity index (χ4n) is 3.39. The molecule has 1 aliphatic heterocycles. The minimum atomic E-state index is -3.38. The summed E-state index contributed by atoms with van der Waals surface area (Å²) in [5.41, 5.74) is 1.03. The van der Waals surface area contributed by atoms with E-state index < -0.39 is 10.0 Å². The summed E-state index contributed by atoms with van der Waals surface area (Å²) >= 11 is 0. The van der Waals surface area contributed by atoms with Crippen LogP contribution in [0.3, 0.4) is 0 Å². The molecule has 2 atom stereocenters. The summed E-state index contributed by atoms with van der Waals surface area (Å²) in [7, 11) is -1.75. The lowest BCUT2D eigenvalue weighted by molar-refractivity contribution is -0.0440. The van der Waals surface area contributed by atoms with Gasteiger partial charge in [0.25, 0.3) is 0 Å². The molecule has 2 rings (SSSR count). The van der Waals surface area contributed by atoms with Crippen LogP contribution in [0.1, 0.15) is 32.8 Å². The van der Waals surface area contributed by atoms with E-state index in [9.17, 15) is 8.42 Å². The number of ether oxygens (including phenoxy) is 3. The molecule has 9 nitrogen and oxygen atoms in total. The quantitative estimate of drug-likeness (QED) is 0.272. The molecule has 0 saturated carbocycles. The van der Waals surface area contributed by atoms with Crippen LogP contribution in [0.25, 0.3) is 0 Å². The molecule has 1 aliphatic rings. The standard InChI is InChI=1S/C22H38N4O5S/c1-5-30-13-6-11-23-22(25-15-20-7-9-21(29-4)10-8-20)24-12-14-32(27,28)26-16-18(2)31-19(3)17-26/h7-10,18-19H,5-6,11-17H2,1-4H3,(H2,23,24,25). The molecule has 1 aromatic rings. The second-order valence-electron chi connectivity index (χ2n) is 7.81. The lowest BCUT2D eigenvalue weighted by Crippen LogP contribution is -2.50. The van der Waals surface area contributed by atoms with E-state index in [2.05, 4.69) is 15.6 Å². The first-order chi connectivity index (χ1) is 15.3. The van der Waals surface area contributed by atoms with Gasteiger partial charge in [-0.05, 0) is 44.9 Å². The molecule has 0 aromatic heterocycles. The Morgan fingerprint density at radius 3 is 2.44 bits per heavy atom. The number of nitrogens with zero attached hydrogens (tertiary/aromatic N) is 2. The Morgan fingerprint density at radius 2 is 1.81 bits per heavy atom. The van der Waals surface area contributed by atoms with Gasteiger partial charge in [-0.3, -0.25) is 0 Å². The largest absolute Gasteiger partial charge is 0.497 e. The molecule has 0 amide bonds. The molecule has 182 valence electrons. The lowest BCUT2D eigenvalue weighted by atomic mass is 10.2. The van der Waals surface area contributed by atoms with Crippen molar-refractivity contribution in [2.75, 3.05) is 52.3 Å². The SMILES string of the molecule is CCOCCCNC(=NCc1ccc(OC)cc1)NCCS(=O)(=O)N1CC(C)OC(C)C1. The van der Waals surface area contributed by atoms with Gasteiger partial charge in [-0.25, -0.2) is 13.4 Å². The molecule has 0 spiro atoms. The van der Waals surface area contributed by atoms with Gasteiger partial charge in [0.15, 0.2) is 5.96 Å². The molecule has 10 heteroatoms. The molecule has 0 bridgehead atoms. The van der Waals surface area contributed by atoms with Crippen molar-refractivity contribution in [3.8, 4) is 5.75 Å². The molecule has 0 aliphatic carbocycles. The summed E-state index contributed by atoms with van der Waals surface area (Å²) in [5, 5.41) is 6.41. The van der Waals surface area contributed by atoms with Crippen LogP contribution in [0.4, 0.5) is 0 Å². The van der Waals surface area contributed by atoms with Gasteiger partial charge >= 0.3 is 0 Å². The molecule has 1 saturated heterocycles.